The van der Waals surface area contributed by atoms with Gasteiger partial charge in [-0.1, -0.05) is 36.4 Å². The fraction of sp³-hybridized carbons (Fsp3) is 0.364. The van der Waals surface area contributed by atoms with Gasteiger partial charge in [-0.2, -0.15) is 0 Å². The van der Waals surface area contributed by atoms with Crippen LogP contribution in [0.5, 0.6) is 0 Å². The van der Waals surface area contributed by atoms with Crippen LogP contribution in [0.15, 0.2) is 42.5 Å². The van der Waals surface area contributed by atoms with Crippen molar-refractivity contribution in [1.29, 1.82) is 0 Å². The molecule has 0 aromatic heterocycles. The smallest absolute Gasteiger partial charge is 0.239 e. The first-order chi connectivity index (χ1) is 12.3. The van der Waals surface area contributed by atoms with Gasteiger partial charge in [0.1, 0.15) is 5.41 Å². The molecule has 2 aromatic carbocycles. The topological polar surface area (TPSA) is 49.4 Å². The fourth-order valence-electron chi connectivity index (χ4n) is 3.33. The number of anilines is 1. The van der Waals surface area contributed by atoms with Crippen molar-refractivity contribution in [2.45, 2.75) is 40.7 Å². The average Bonchev–Trinajstić information content (AvgIpc) is 2.64. The largest absolute Gasteiger partial charge is 0.337 e. The molecule has 0 bridgehead atoms. The zero-order valence-electron chi connectivity index (χ0n) is 15.9. The Morgan fingerprint density at radius 3 is 2.42 bits per heavy atom. The molecule has 4 nitrogen and oxygen atoms in total. The van der Waals surface area contributed by atoms with Crippen molar-refractivity contribution in [3.8, 4) is 0 Å². The first-order valence-corrected chi connectivity index (χ1v) is 9.04. The number of carbonyl (C=O) groups excluding carboxylic acids is 2. The minimum atomic E-state index is -1.12. The summed E-state index contributed by atoms with van der Waals surface area (Å²) in [5.41, 5.74) is 4.23. The minimum Gasteiger partial charge on any atom is -0.337 e. The highest BCUT2D eigenvalue weighted by molar-refractivity contribution is 6.10. The number of hydrogen-bond donors (Lipinski definition) is 1. The number of hydrogen-bond acceptors (Lipinski definition) is 2. The Morgan fingerprint density at radius 2 is 1.69 bits per heavy atom. The quantitative estimate of drug-likeness (QED) is 0.855. The van der Waals surface area contributed by atoms with Crippen molar-refractivity contribution in [2.24, 2.45) is 5.41 Å². The molecular weight excluding hydrogens is 324 g/mol. The van der Waals surface area contributed by atoms with E-state index in [1.165, 1.54) is 5.56 Å². The third-order valence-corrected chi connectivity index (χ3v) is 5.37. The summed E-state index contributed by atoms with van der Waals surface area (Å²) >= 11 is 0. The monoisotopic (exact) mass is 350 g/mol. The molecule has 0 aliphatic carbocycles. The Balaban J connectivity index is 1.76. The zero-order valence-corrected chi connectivity index (χ0v) is 15.9. The average molecular weight is 350 g/mol. The molecule has 0 unspecified atom stereocenters. The molecule has 0 radical (unpaired) electrons. The first kappa shape index (κ1) is 18.2. The molecule has 0 saturated carbocycles. The standard InChI is InChI=1S/C22H26N2O2/c1-15-8-7-11-19(16(15)2)23-20(25)22(3,4)21(26)24-13-12-17-9-5-6-10-18(17)14-24/h5-11H,12-14H2,1-4H3,(H,23,25). The van der Waals surface area contributed by atoms with Crippen molar-refractivity contribution in [2.75, 3.05) is 11.9 Å². The van der Waals surface area contributed by atoms with Gasteiger partial charge in [-0.05, 0) is 62.4 Å². The highest BCUT2D eigenvalue weighted by atomic mass is 16.2. The molecule has 1 heterocycles. The van der Waals surface area contributed by atoms with Gasteiger partial charge in [0.15, 0.2) is 0 Å². The van der Waals surface area contributed by atoms with E-state index in [-0.39, 0.29) is 11.8 Å². The summed E-state index contributed by atoms with van der Waals surface area (Å²) in [5, 5.41) is 2.94. The minimum absolute atomic E-state index is 0.130. The second-order valence-corrected chi connectivity index (χ2v) is 7.57. The zero-order chi connectivity index (χ0) is 18.9. The van der Waals surface area contributed by atoms with Crippen LogP contribution in [-0.4, -0.2) is 23.3 Å². The van der Waals surface area contributed by atoms with Gasteiger partial charge in [-0.3, -0.25) is 9.59 Å². The lowest BCUT2D eigenvalue weighted by Crippen LogP contribution is -2.48. The van der Waals surface area contributed by atoms with E-state index < -0.39 is 5.41 Å². The summed E-state index contributed by atoms with van der Waals surface area (Å²) in [6.45, 7) is 8.60. The number of aryl methyl sites for hydroxylation is 1. The van der Waals surface area contributed by atoms with Gasteiger partial charge in [0, 0.05) is 18.8 Å². The summed E-state index contributed by atoms with van der Waals surface area (Å²) in [5.74, 6) is -0.398. The lowest BCUT2D eigenvalue weighted by molar-refractivity contribution is -0.147. The van der Waals surface area contributed by atoms with E-state index in [9.17, 15) is 9.59 Å². The van der Waals surface area contributed by atoms with Gasteiger partial charge in [-0.25, -0.2) is 0 Å². The Kier molecular flexibility index (Phi) is 4.86. The Labute approximate surface area is 155 Å². The number of benzene rings is 2. The molecule has 2 amide bonds. The van der Waals surface area contributed by atoms with Crippen molar-refractivity contribution in [3.05, 3.63) is 64.7 Å². The number of nitrogens with one attached hydrogen (secondary N) is 1. The van der Waals surface area contributed by atoms with Crippen molar-refractivity contribution < 1.29 is 9.59 Å². The van der Waals surface area contributed by atoms with Crippen LogP contribution in [0.3, 0.4) is 0 Å². The van der Waals surface area contributed by atoms with E-state index in [1.807, 2.05) is 44.2 Å². The molecule has 26 heavy (non-hydrogen) atoms. The second kappa shape index (κ2) is 6.94. The first-order valence-electron chi connectivity index (χ1n) is 9.04. The van der Waals surface area contributed by atoms with Crippen molar-refractivity contribution in [1.82, 2.24) is 4.90 Å². The molecule has 0 spiro atoms. The van der Waals surface area contributed by atoms with E-state index in [0.717, 1.165) is 28.8 Å². The Morgan fingerprint density at radius 1 is 1.00 bits per heavy atom. The van der Waals surface area contributed by atoms with Crippen molar-refractivity contribution >= 4 is 17.5 Å². The van der Waals surface area contributed by atoms with Gasteiger partial charge in [-0.15, -0.1) is 0 Å². The maximum Gasteiger partial charge on any atom is 0.239 e. The van der Waals surface area contributed by atoms with Crippen LogP contribution in [0.2, 0.25) is 0 Å². The number of nitrogens with zero attached hydrogens (tertiary/aromatic N) is 1. The highest BCUT2D eigenvalue weighted by Crippen LogP contribution is 2.27. The predicted octanol–water partition coefficient (Wildman–Crippen LogP) is 3.85. The highest BCUT2D eigenvalue weighted by Gasteiger charge is 2.40. The SMILES string of the molecule is Cc1cccc(NC(=O)C(C)(C)C(=O)N2CCc3ccccc3C2)c1C. The Bertz CT molecular complexity index is 855. The second-order valence-electron chi connectivity index (χ2n) is 7.57. The summed E-state index contributed by atoms with van der Waals surface area (Å²) < 4.78 is 0. The predicted molar refractivity (Wildman–Crippen MR) is 104 cm³/mol. The summed E-state index contributed by atoms with van der Waals surface area (Å²) in [6.07, 6.45) is 0.830. The Hall–Kier alpha value is -2.62. The lowest BCUT2D eigenvalue weighted by atomic mass is 9.88. The molecule has 0 saturated heterocycles. The normalized spacial score (nSPS) is 13.9. The molecule has 1 aliphatic rings. The molecule has 4 heteroatoms. The van der Waals surface area contributed by atoms with Gasteiger partial charge < -0.3 is 10.2 Å². The molecule has 136 valence electrons. The van der Waals surface area contributed by atoms with Crippen LogP contribution in [0.4, 0.5) is 5.69 Å². The molecule has 1 N–H and O–H groups in total. The van der Waals surface area contributed by atoms with Crippen LogP contribution in [-0.2, 0) is 22.6 Å². The number of carbonyl (C=O) groups is 2. The van der Waals surface area contributed by atoms with Crippen LogP contribution in [0.1, 0.15) is 36.1 Å². The van der Waals surface area contributed by atoms with Crippen LogP contribution in [0, 0.1) is 19.3 Å². The molecular formula is C22H26N2O2. The maximum absolute atomic E-state index is 13.1. The summed E-state index contributed by atoms with van der Waals surface area (Å²) in [6, 6.07) is 14.0. The van der Waals surface area contributed by atoms with Crippen molar-refractivity contribution in [3.63, 3.8) is 0 Å². The lowest BCUT2D eigenvalue weighted by Gasteiger charge is -2.34. The molecule has 2 aromatic rings. The van der Waals surface area contributed by atoms with Crippen LogP contribution in [0.25, 0.3) is 0 Å². The molecule has 3 rings (SSSR count). The van der Waals surface area contributed by atoms with Gasteiger partial charge in [0.2, 0.25) is 11.8 Å². The fourth-order valence-corrected chi connectivity index (χ4v) is 3.33. The van der Waals surface area contributed by atoms with Gasteiger partial charge in [0.05, 0.1) is 0 Å². The van der Waals surface area contributed by atoms with Crippen LogP contribution >= 0.6 is 0 Å². The summed E-state index contributed by atoms with van der Waals surface area (Å²) in [7, 11) is 0. The van der Waals surface area contributed by atoms with E-state index in [2.05, 4.69) is 17.4 Å². The van der Waals surface area contributed by atoms with E-state index in [0.29, 0.717) is 13.1 Å². The summed E-state index contributed by atoms with van der Waals surface area (Å²) in [4.78, 5) is 27.7. The number of rotatable bonds is 3. The maximum atomic E-state index is 13.1. The van der Waals surface area contributed by atoms with E-state index in [4.69, 9.17) is 0 Å². The number of fused-ring (bicyclic) bond motifs is 1. The van der Waals surface area contributed by atoms with E-state index in [1.54, 1.807) is 18.7 Å². The van der Waals surface area contributed by atoms with E-state index >= 15 is 0 Å². The van der Waals surface area contributed by atoms with Gasteiger partial charge >= 0.3 is 0 Å². The number of amides is 2. The molecule has 0 fully saturated rings. The molecule has 1 aliphatic heterocycles. The van der Waals surface area contributed by atoms with Crippen LogP contribution < -0.4 is 5.32 Å². The van der Waals surface area contributed by atoms with Gasteiger partial charge in [0.25, 0.3) is 0 Å². The third kappa shape index (κ3) is 3.36. The molecule has 0 atom stereocenters. The third-order valence-electron chi connectivity index (χ3n) is 5.37.